The van der Waals surface area contributed by atoms with Gasteiger partial charge in [0, 0.05) is 13.7 Å². The minimum absolute atomic E-state index is 0.0529. The molecule has 1 amide bonds. The number of carbonyl (C=O) groups excluding carboxylic acids is 1. The van der Waals surface area contributed by atoms with Crippen molar-refractivity contribution < 1.29 is 22.3 Å². The molecule has 0 spiro atoms. The number of anilines is 1. The second-order valence-electron chi connectivity index (χ2n) is 5.64. The van der Waals surface area contributed by atoms with Gasteiger partial charge in [-0.2, -0.15) is 0 Å². The van der Waals surface area contributed by atoms with E-state index in [0.29, 0.717) is 6.61 Å². The van der Waals surface area contributed by atoms with E-state index in [2.05, 4.69) is 5.32 Å². The van der Waals surface area contributed by atoms with Gasteiger partial charge in [0.05, 0.1) is 17.2 Å². The molecule has 0 aliphatic carbocycles. The van der Waals surface area contributed by atoms with E-state index >= 15 is 0 Å². The van der Waals surface area contributed by atoms with Crippen LogP contribution < -0.4 is 9.62 Å². The Morgan fingerprint density at radius 3 is 2.31 bits per heavy atom. The largest absolute Gasteiger partial charge is 0.383 e. The van der Waals surface area contributed by atoms with Crippen molar-refractivity contribution in [2.24, 2.45) is 0 Å². The van der Waals surface area contributed by atoms with Crippen LogP contribution in [0.3, 0.4) is 0 Å². The Kier molecular flexibility index (Phi) is 6.70. The first-order valence-electron chi connectivity index (χ1n) is 7.95. The van der Waals surface area contributed by atoms with Gasteiger partial charge in [0.25, 0.3) is 10.0 Å². The number of methoxy groups -OCH3 is 1. The molecule has 0 unspecified atom stereocenters. The number of sulfonamides is 1. The van der Waals surface area contributed by atoms with Crippen molar-refractivity contribution in [2.75, 3.05) is 31.1 Å². The van der Waals surface area contributed by atoms with Crippen molar-refractivity contribution in [1.82, 2.24) is 5.32 Å². The molecule has 0 bridgehead atoms. The van der Waals surface area contributed by atoms with Gasteiger partial charge in [0.1, 0.15) is 12.4 Å². The summed E-state index contributed by atoms with van der Waals surface area (Å²) in [6, 6.07) is 11.2. The molecule has 2 aromatic rings. The molecule has 0 aliphatic rings. The molecule has 0 aliphatic heterocycles. The number of hydrogen-bond acceptors (Lipinski definition) is 4. The highest BCUT2D eigenvalue weighted by Gasteiger charge is 2.27. The van der Waals surface area contributed by atoms with Gasteiger partial charge < -0.3 is 10.1 Å². The molecule has 140 valence electrons. The Bertz CT molecular complexity index is 836. The topological polar surface area (TPSA) is 75.7 Å². The Labute approximate surface area is 152 Å². The van der Waals surface area contributed by atoms with Crippen LogP contribution in [-0.2, 0) is 19.6 Å². The highest BCUT2D eigenvalue weighted by Crippen LogP contribution is 2.24. The van der Waals surface area contributed by atoms with Crippen LogP contribution in [0.4, 0.5) is 10.1 Å². The molecule has 0 atom stereocenters. The first kappa shape index (κ1) is 19.9. The van der Waals surface area contributed by atoms with Gasteiger partial charge in [-0.05, 0) is 43.3 Å². The maximum Gasteiger partial charge on any atom is 0.264 e. The normalized spacial score (nSPS) is 11.2. The third-order valence-electron chi connectivity index (χ3n) is 3.64. The van der Waals surface area contributed by atoms with Crippen LogP contribution in [0.25, 0.3) is 0 Å². The number of amides is 1. The van der Waals surface area contributed by atoms with Crippen molar-refractivity contribution in [2.45, 2.75) is 11.8 Å². The summed E-state index contributed by atoms with van der Waals surface area (Å²) < 4.78 is 45.1. The smallest absolute Gasteiger partial charge is 0.264 e. The van der Waals surface area contributed by atoms with E-state index in [0.717, 1.165) is 22.0 Å². The highest BCUT2D eigenvalue weighted by molar-refractivity contribution is 7.92. The molecule has 8 heteroatoms. The summed E-state index contributed by atoms with van der Waals surface area (Å²) in [5.41, 5.74) is 1.11. The fourth-order valence-corrected chi connectivity index (χ4v) is 3.66. The molecule has 0 heterocycles. The van der Waals surface area contributed by atoms with E-state index in [9.17, 15) is 17.6 Å². The van der Waals surface area contributed by atoms with Crippen LogP contribution in [0.15, 0.2) is 53.4 Å². The third-order valence-corrected chi connectivity index (χ3v) is 5.43. The van der Waals surface area contributed by atoms with E-state index in [1.54, 1.807) is 12.1 Å². The molecule has 26 heavy (non-hydrogen) atoms. The molecule has 2 rings (SSSR count). The van der Waals surface area contributed by atoms with Gasteiger partial charge in [-0.1, -0.05) is 17.7 Å². The number of benzene rings is 2. The standard InChI is InChI=1S/C18H21FN2O4S/c1-14-3-9-17(10-4-14)26(23,24)21(13-18(22)20-11-12-25-2)16-7-5-15(19)6-8-16/h3-10H,11-13H2,1-2H3,(H,20,22). The maximum atomic E-state index is 13.2. The summed E-state index contributed by atoms with van der Waals surface area (Å²) in [4.78, 5) is 12.2. The summed E-state index contributed by atoms with van der Waals surface area (Å²) in [7, 11) is -2.49. The van der Waals surface area contributed by atoms with E-state index in [-0.39, 0.29) is 17.1 Å². The second kappa shape index (κ2) is 8.77. The lowest BCUT2D eigenvalue weighted by Crippen LogP contribution is -2.41. The SMILES string of the molecule is COCCNC(=O)CN(c1ccc(F)cc1)S(=O)(=O)c1ccc(C)cc1. The highest BCUT2D eigenvalue weighted by atomic mass is 32.2. The van der Waals surface area contributed by atoms with Gasteiger partial charge in [0.15, 0.2) is 0 Å². The fraction of sp³-hybridized carbons (Fsp3) is 0.278. The van der Waals surface area contributed by atoms with Crippen LogP contribution in [-0.4, -0.2) is 41.1 Å². The monoisotopic (exact) mass is 380 g/mol. The summed E-state index contributed by atoms with van der Waals surface area (Å²) in [5.74, 6) is -0.979. The minimum atomic E-state index is -3.99. The van der Waals surface area contributed by atoms with E-state index in [1.807, 2.05) is 6.92 Å². The number of carbonyl (C=O) groups is 1. The van der Waals surface area contributed by atoms with Crippen LogP contribution in [0.5, 0.6) is 0 Å². The second-order valence-corrected chi connectivity index (χ2v) is 7.51. The lowest BCUT2D eigenvalue weighted by molar-refractivity contribution is -0.119. The van der Waals surface area contributed by atoms with Crippen molar-refractivity contribution >= 4 is 21.6 Å². The predicted molar refractivity (Wildman–Crippen MR) is 97.0 cm³/mol. The first-order valence-corrected chi connectivity index (χ1v) is 9.39. The predicted octanol–water partition coefficient (Wildman–Crippen LogP) is 2.09. The zero-order valence-electron chi connectivity index (χ0n) is 14.6. The average Bonchev–Trinajstić information content (AvgIpc) is 2.61. The van der Waals surface area contributed by atoms with Crippen LogP contribution in [0, 0.1) is 12.7 Å². The number of hydrogen-bond donors (Lipinski definition) is 1. The molecular weight excluding hydrogens is 359 g/mol. The molecule has 6 nitrogen and oxygen atoms in total. The van der Waals surface area contributed by atoms with Gasteiger partial charge in [-0.15, -0.1) is 0 Å². The number of nitrogens with one attached hydrogen (secondary N) is 1. The molecule has 1 N–H and O–H groups in total. The van der Waals surface area contributed by atoms with Crippen molar-refractivity contribution in [1.29, 1.82) is 0 Å². The first-order chi connectivity index (χ1) is 12.3. The van der Waals surface area contributed by atoms with Crippen molar-refractivity contribution in [3.8, 4) is 0 Å². The average molecular weight is 380 g/mol. The number of ether oxygens (including phenoxy) is 1. The summed E-state index contributed by atoms with van der Waals surface area (Å²) in [6.07, 6.45) is 0. The van der Waals surface area contributed by atoms with Crippen LogP contribution in [0.1, 0.15) is 5.56 Å². The Morgan fingerprint density at radius 1 is 1.12 bits per heavy atom. The van der Waals surface area contributed by atoms with Crippen LogP contribution in [0.2, 0.25) is 0 Å². The van der Waals surface area contributed by atoms with Gasteiger partial charge in [-0.25, -0.2) is 12.8 Å². The molecule has 0 saturated carbocycles. The molecular formula is C18H21FN2O4S. The van der Waals surface area contributed by atoms with E-state index < -0.39 is 28.3 Å². The van der Waals surface area contributed by atoms with Gasteiger partial charge in [0.2, 0.25) is 5.91 Å². The Balaban J connectivity index is 2.34. The number of rotatable bonds is 8. The molecule has 0 aromatic heterocycles. The zero-order valence-corrected chi connectivity index (χ0v) is 15.4. The Hall–Kier alpha value is -2.45. The molecule has 0 radical (unpaired) electrons. The molecule has 2 aromatic carbocycles. The summed E-state index contributed by atoms with van der Waals surface area (Å²) >= 11 is 0. The quantitative estimate of drug-likeness (QED) is 0.712. The van der Waals surface area contributed by atoms with E-state index in [1.165, 1.54) is 31.4 Å². The lowest BCUT2D eigenvalue weighted by Gasteiger charge is -2.24. The molecule has 0 fully saturated rings. The van der Waals surface area contributed by atoms with Gasteiger partial charge in [-0.3, -0.25) is 9.10 Å². The van der Waals surface area contributed by atoms with Crippen molar-refractivity contribution in [3.05, 3.63) is 59.9 Å². The minimum Gasteiger partial charge on any atom is -0.383 e. The third kappa shape index (κ3) is 5.03. The summed E-state index contributed by atoms with van der Waals surface area (Å²) in [5, 5.41) is 2.58. The Morgan fingerprint density at radius 2 is 1.73 bits per heavy atom. The van der Waals surface area contributed by atoms with Gasteiger partial charge >= 0.3 is 0 Å². The maximum absolute atomic E-state index is 13.2. The van der Waals surface area contributed by atoms with Crippen LogP contribution >= 0.6 is 0 Å². The zero-order chi connectivity index (χ0) is 19.2. The summed E-state index contributed by atoms with van der Waals surface area (Å²) in [6.45, 7) is 1.99. The van der Waals surface area contributed by atoms with Crippen molar-refractivity contribution in [3.63, 3.8) is 0 Å². The fourth-order valence-electron chi connectivity index (χ4n) is 2.24. The number of aryl methyl sites for hydroxylation is 1. The molecule has 0 saturated heterocycles. The lowest BCUT2D eigenvalue weighted by atomic mass is 10.2. The van der Waals surface area contributed by atoms with E-state index in [4.69, 9.17) is 4.74 Å². The number of nitrogens with zero attached hydrogens (tertiary/aromatic N) is 1. The number of halogens is 1.